The Labute approximate surface area is 254 Å². The number of aliphatic carboxylic acids is 1. The van der Waals surface area contributed by atoms with Crippen LogP contribution >= 0.6 is 46.8 Å². The molecule has 4 rings (SSSR count). The van der Waals surface area contributed by atoms with Crippen molar-refractivity contribution in [3.63, 3.8) is 0 Å². The van der Waals surface area contributed by atoms with E-state index in [0.717, 1.165) is 16.4 Å². The second-order valence-electron chi connectivity index (χ2n) is 8.53. The van der Waals surface area contributed by atoms with Crippen molar-refractivity contribution in [1.29, 1.82) is 0 Å². The molecule has 3 atom stereocenters. The van der Waals surface area contributed by atoms with Crippen LogP contribution in [0.25, 0.3) is 0 Å². The molecule has 0 unspecified atom stereocenters. The molecule has 2 aromatic heterocycles. The molecule has 1 fully saturated rings. The van der Waals surface area contributed by atoms with Crippen LogP contribution in [0.5, 0.6) is 0 Å². The number of nitrogens with zero attached hydrogens (tertiary/aromatic N) is 5. The van der Waals surface area contributed by atoms with Crippen molar-refractivity contribution in [2.24, 2.45) is 10.9 Å². The van der Waals surface area contributed by atoms with Crippen molar-refractivity contribution in [2.45, 2.75) is 28.1 Å². The predicted molar refractivity (Wildman–Crippen MR) is 157 cm³/mol. The molecule has 2 aliphatic heterocycles. The van der Waals surface area contributed by atoms with Gasteiger partial charge < -0.3 is 37.5 Å². The summed E-state index contributed by atoms with van der Waals surface area (Å²) in [5, 5.41) is 35.6. The fourth-order valence-electron chi connectivity index (χ4n) is 3.79. The van der Waals surface area contributed by atoms with Gasteiger partial charge in [-0.15, -0.1) is 11.8 Å². The maximum atomic E-state index is 13.0. The fraction of sp³-hybridized carbons (Fsp3) is 0.364. The zero-order valence-corrected chi connectivity index (χ0v) is 24.8. The molecule has 20 heteroatoms. The van der Waals surface area contributed by atoms with Crippen LogP contribution in [0.15, 0.2) is 39.0 Å². The molecule has 0 radical (unpaired) electrons. The van der Waals surface area contributed by atoms with Crippen LogP contribution in [0.1, 0.15) is 11.5 Å². The van der Waals surface area contributed by atoms with Crippen molar-refractivity contribution >= 4 is 81.4 Å². The number of aliphatic hydroxyl groups excluding tert-OH is 1. The van der Waals surface area contributed by atoms with E-state index in [1.165, 1.54) is 35.3 Å². The van der Waals surface area contributed by atoms with Gasteiger partial charge in [-0.1, -0.05) is 16.9 Å². The Kier molecular flexibility index (Phi) is 10.6. The number of carboxylic acids is 1. The summed E-state index contributed by atoms with van der Waals surface area (Å²) in [5.41, 5.74) is 11.0. The summed E-state index contributed by atoms with van der Waals surface area (Å²) in [6.45, 7) is -0.104. The van der Waals surface area contributed by atoms with Crippen molar-refractivity contribution < 1.29 is 34.6 Å². The first kappa shape index (κ1) is 31.5. The summed E-state index contributed by atoms with van der Waals surface area (Å²) in [5.74, 6) is -2.22. The van der Waals surface area contributed by atoms with Gasteiger partial charge in [-0.05, 0) is 12.1 Å². The van der Waals surface area contributed by atoms with Crippen LogP contribution in [0.3, 0.4) is 0 Å². The summed E-state index contributed by atoms with van der Waals surface area (Å²) < 4.78 is 3.83. The Balaban J connectivity index is 1.41. The van der Waals surface area contributed by atoms with E-state index in [-0.39, 0.29) is 22.4 Å². The molecule has 42 heavy (non-hydrogen) atoms. The lowest BCUT2D eigenvalue weighted by Gasteiger charge is -2.49. The quantitative estimate of drug-likeness (QED) is 0.0442. The van der Waals surface area contributed by atoms with Crippen molar-refractivity contribution in [3.05, 3.63) is 40.5 Å². The van der Waals surface area contributed by atoms with Gasteiger partial charge in [-0.2, -0.15) is 21.1 Å². The van der Waals surface area contributed by atoms with Gasteiger partial charge in [-0.3, -0.25) is 24.3 Å². The average Bonchev–Trinajstić information content (AvgIpc) is 3.41. The smallest absolute Gasteiger partial charge is 0.353 e. The van der Waals surface area contributed by atoms with E-state index in [0.29, 0.717) is 33.5 Å². The minimum Gasteiger partial charge on any atom is -0.477 e. The first-order valence-electron chi connectivity index (χ1n) is 12.0. The second kappa shape index (κ2) is 14.2. The Bertz CT molecular complexity index is 1440. The number of hydrogen-bond donors (Lipinski definition) is 7. The summed E-state index contributed by atoms with van der Waals surface area (Å²) >= 11 is 4.76. The number of nitrogen functional groups attached to an aromatic ring is 1. The molecule has 224 valence electrons. The van der Waals surface area contributed by atoms with Crippen LogP contribution in [0, 0.1) is 0 Å². The molecule has 3 amide bonds. The summed E-state index contributed by atoms with van der Waals surface area (Å²) in [7, 11) is 0. The van der Waals surface area contributed by atoms with Gasteiger partial charge in [-0.25, -0.2) is 4.79 Å². The molecule has 4 heterocycles. The Morgan fingerprint density at radius 2 is 2.12 bits per heavy atom. The lowest BCUT2D eigenvalue weighted by molar-refractivity contribution is -0.150. The molecule has 2 aliphatic rings. The molecule has 0 aliphatic carbocycles. The maximum absolute atomic E-state index is 13.0. The highest BCUT2D eigenvalue weighted by atomic mass is 32.2. The van der Waals surface area contributed by atoms with Crippen LogP contribution in [0.2, 0.25) is 0 Å². The SMILES string of the molecule is Nc1nc(/C(=N/O)C(=O)N[C@@H]2C(=O)N3C(C(=O)O)=C(Sc4cccnc4CSCCNC(=O)[C@@H](N)CO)CS[C@@H]23)ns1. The highest BCUT2D eigenvalue weighted by Crippen LogP contribution is 2.45. The lowest BCUT2D eigenvalue weighted by atomic mass is 10.0. The highest BCUT2D eigenvalue weighted by Gasteiger charge is 2.54. The first-order valence-corrected chi connectivity index (χ1v) is 15.8. The Hall–Kier alpha value is -3.43. The van der Waals surface area contributed by atoms with E-state index in [2.05, 4.69) is 30.1 Å². The minimum absolute atomic E-state index is 0.0530. The number of rotatable bonds is 13. The topological polar surface area (TPSA) is 259 Å². The van der Waals surface area contributed by atoms with E-state index >= 15 is 0 Å². The molecule has 16 nitrogen and oxygen atoms in total. The van der Waals surface area contributed by atoms with Crippen molar-refractivity contribution in [2.75, 3.05) is 30.4 Å². The van der Waals surface area contributed by atoms with Gasteiger partial charge >= 0.3 is 5.97 Å². The average molecular weight is 656 g/mol. The number of hydrogen-bond acceptors (Lipinski definition) is 16. The third-order valence-electron chi connectivity index (χ3n) is 5.79. The molecule has 0 aromatic carbocycles. The largest absolute Gasteiger partial charge is 0.477 e. The number of carbonyl (C=O) groups excluding carboxylic acids is 3. The highest BCUT2D eigenvalue weighted by molar-refractivity contribution is 8.06. The molecule has 9 N–H and O–H groups in total. The lowest BCUT2D eigenvalue weighted by Crippen LogP contribution is -2.71. The van der Waals surface area contributed by atoms with Gasteiger partial charge in [0.25, 0.3) is 11.8 Å². The molecular formula is C22H25N9O7S4. The molecule has 0 saturated carbocycles. The van der Waals surface area contributed by atoms with Crippen molar-refractivity contribution in [3.8, 4) is 0 Å². The monoisotopic (exact) mass is 655 g/mol. The molecule has 0 spiro atoms. The number of carboxylic acid groups (broad SMARTS) is 1. The number of carbonyl (C=O) groups is 4. The van der Waals surface area contributed by atoms with Crippen LogP contribution in [-0.4, -0.2) is 106 Å². The van der Waals surface area contributed by atoms with E-state index < -0.39 is 53.5 Å². The summed E-state index contributed by atoms with van der Waals surface area (Å²) in [6, 6.07) is 1.48. The van der Waals surface area contributed by atoms with E-state index in [9.17, 15) is 29.5 Å². The number of nitrogens with one attached hydrogen (secondary N) is 2. The molecule has 2 aromatic rings. The number of amides is 3. The Morgan fingerprint density at radius 1 is 1.33 bits per heavy atom. The van der Waals surface area contributed by atoms with Crippen molar-refractivity contribution in [1.82, 2.24) is 29.9 Å². The van der Waals surface area contributed by atoms with E-state index in [1.807, 2.05) is 0 Å². The number of fused-ring (bicyclic) bond motifs is 1. The number of anilines is 1. The standard InChI is InChI=1S/C22H25N9O7S4/c23-9(6-32)17(33)26-4-5-39-7-10-11(2-1-3-25-10)41-12-8-40-20-14(19(35)31(20)15(12)21(36)37)27-18(34)13(29-38)16-28-22(24)42-30-16/h1-3,9,14,20,32,38H,4-8,23H2,(H,26,33)(H,27,34)(H,36,37)(H2,24,28,30)/b29-13-/t9-,14+,20-/m0/s1. The van der Waals surface area contributed by atoms with Gasteiger partial charge in [0.2, 0.25) is 17.4 Å². The molecular weight excluding hydrogens is 631 g/mol. The summed E-state index contributed by atoms with van der Waals surface area (Å²) in [4.78, 5) is 60.2. The van der Waals surface area contributed by atoms with Gasteiger partial charge in [0.05, 0.1) is 12.3 Å². The number of pyridine rings is 1. The van der Waals surface area contributed by atoms with E-state index in [4.69, 9.17) is 16.6 Å². The number of oxime groups is 1. The number of aliphatic hydroxyl groups is 1. The predicted octanol–water partition coefficient (Wildman–Crippen LogP) is -1.15. The Morgan fingerprint density at radius 3 is 2.79 bits per heavy atom. The number of thioether (sulfide) groups is 3. The minimum atomic E-state index is -1.29. The normalized spacial score (nSPS) is 19.1. The number of β-lactam (4-membered cyclic amide) rings is 1. The van der Waals surface area contributed by atoms with Gasteiger partial charge in [0.1, 0.15) is 23.2 Å². The maximum Gasteiger partial charge on any atom is 0.353 e. The van der Waals surface area contributed by atoms with Crippen LogP contribution in [0.4, 0.5) is 5.13 Å². The molecule has 0 bridgehead atoms. The summed E-state index contributed by atoms with van der Waals surface area (Å²) in [6.07, 6.45) is 1.62. The van der Waals surface area contributed by atoms with E-state index in [1.54, 1.807) is 18.3 Å². The first-order chi connectivity index (χ1) is 20.2. The van der Waals surface area contributed by atoms with Gasteiger partial charge in [0, 0.05) is 51.3 Å². The molecule has 1 saturated heterocycles. The third kappa shape index (κ3) is 6.95. The third-order valence-corrected chi connectivity index (χ3v) is 9.94. The van der Waals surface area contributed by atoms with Gasteiger partial charge in [0.15, 0.2) is 5.13 Å². The zero-order valence-electron chi connectivity index (χ0n) is 21.5. The van der Waals surface area contributed by atoms with Crippen LogP contribution in [-0.2, 0) is 24.9 Å². The second-order valence-corrected chi connectivity index (χ2v) is 12.7. The fourth-order valence-corrected chi connectivity index (χ4v) is 7.70. The number of nitrogens with two attached hydrogens (primary N) is 2. The zero-order chi connectivity index (χ0) is 30.4. The van der Waals surface area contributed by atoms with Crippen LogP contribution < -0.4 is 22.1 Å². The number of aromatic nitrogens is 3.